The first-order valence-electron chi connectivity index (χ1n) is 44.8. The molecule has 630 valence electrons. The molecule has 3 N–H and O–H groups in total. The molecule has 0 radical (unpaired) electrons. The maximum atomic E-state index is 13.2. The third kappa shape index (κ3) is 80.1. The van der Waals surface area contributed by atoms with Crippen LogP contribution in [0.25, 0.3) is 0 Å². The highest BCUT2D eigenvalue weighted by Crippen LogP contribution is 2.45. The van der Waals surface area contributed by atoms with Gasteiger partial charge in [0.1, 0.15) is 19.3 Å². The summed E-state index contributed by atoms with van der Waals surface area (Å²) >= 11 is 0. The summed E-state index contributed by atoms with van der Waals surface area (Å²) in [5, 5.41) is 10.7. The van der Waals surface area contributed by atoms with Gasteiger partial charge in [0.15, 0.2) is 12.2 Å². The molecule has 17 nitrogen and oxygen atoms in total. The normalized spacial score (nSPS) is 13.9. The lowest BCUT2D eigenvalue weighted by Crippen LogP contribution is -2.30. The van der Waals surface area contributed by atoms with Gasteiger partial charge in [-0.1, -0.05) is 408 Å². The van der Waals surface area contributed by atoms with Gasteiger partial charge in [0.05, 0.1) is 26.4 Å². The summed E-state index contributed by atoms with van der Waals surface area (Å²) < 4.78 is 68.9. The van der Waals surface area contributed by atoms with Gasteiger partial charge in [-0.15, -0.1) is 0 Å². The molecule has 0 aliphatic heterocycles. The number of phosphoric acid groups is 2. The SMILES string of the molecule is CCCCCCCCCCCCCCCCCCCCCC(=O)O[C@H](COC(=O)CCCCCCCCCCCCCCCCCC(C)C)COP(=O)(O)OC[C@@H](O)COP(=O)(O)OC[C@@H](COC(=O)CCCCCCCCCCC(C)C)OC(=O)CCCCCCCCCCCCCCCCCC(C)C. The second kappa shape index (κ2) is 77.0. The minimum atomic E-state index is -4.97. The molecule has 0 amide bonds. The van der Waals surface area contributed by atoms with Crippen molar-refractivity contribution >= 4 is 39.5 Å². The summed E-state index contributed by atoms with van der Waals surface area (Å²) in [7, 11) is -9.93. The van der Waals surface area contributed by atoms with E-state index in [2.05, 4.69) is 48.5 Å². The number of carbonyl (C=O) groups is 4. The van der Waals surface area contributed by atoms with Crippen LogP contribution in [-0.4, -0.2) is 96.7 Å². The number of rotatable bonds is 85. The number of carbonyl (C=O) groups excluding carboxylic acids is 4. The summed E-state index contributed by atoms with van der Waals surface area (Å²) in [6, 6.07) is 0. The first-order chi connectivity index (χ1) is 51.2. The van der Waals surface area contributed by atoms with E-state index in [1.807, 2.05) is 0 Å². The molecule has 0 heterocycles. The van der Waals surface area contributed by atoms with Gasteiger partial charge in [-0.2, -0.15) is 0 Å². The highest BCUT2D eigenvalue weighted by atomic mass is 31.2. The van der Waals surface area contributed by atoms with Crippen LogP contribution in [0.2, 0.25) is 0 Å². The van der Waals surface area contributed by atoms with Crippen molar-refractivity contribution in [2.45, 2.75) is 478 Å². The van der Waals surface area contributed by atoms with Crippen molar-refractivity contribution in [1.82, 2.24) is 0 Å². The second-order valence-corrected chi connectivity index (χ2v) is 35.6. The first kappa shape index (κ1) is 104. The summed E-state index contributed by atoms with van der Waals surface area (Å²) in [5.41, 5.74) is 0. The molecular weight excluding hydrogens is 1380 g/mol. The molecule has 0 aliphatic carbocycles. The highest BCUT2D eigenvalue weighted by molar-refractivity contribution is 7.47. The molecule has 0 aromatic carbocycles. The van der Waals surface area contributed by atoms with Gasteiger partial charge < -0.3 is 33.8 Å². The summed E-state index contributed by atoms with van der Waals surface area (Å²) in [4.78, 5) is 73.3. The van der Waals surface area contributed by atoms with Crippen LogP contribution in [-0.2, 0) is 65.4 Å². The largest absolute Gasteiger partial charge is 0.472 e. The Morgan fingerprint density at radius 2 is 0.434 bits per heavy atom. The van der Waals surface area contributed by atoms with E-state index in [1.54, 1.807) is 0 Å². The molecule has 0 fully saturated rings. The molecule has 0 bridgehead atoms. The molecule has 2 unspecified atom stereocenters. The van der Waals surface area contributed by atoms with E-state index in [0.717, 1.165) is 108 Å². The van der Waals surface area contributed by atoms with E-state index in [1.165, 1.54) is 270 Å². The second-order valence-electron chi connectivity index (χ2n) is 32.7. The minimum Gasteiger partial charge on any atom is -0.462 e. The Hall–Kier alpha value is -1.94. The van der Waals surface area contributed by atoms with Crippen LogP contribution in [0.3, 0.4) is 0 Å². The highest BCUT2D eigenvalue weighted by Gasteiger charge is 2.30. The number of aliphatic hydroxyl groups excluding tert-OH is 1. The molecule has 106 heavy (non-hydrogen) atoms. The maximum absolute atomic E-state index is 13.2. The number of phosphoric ester groups is 2. The molecule has 0 saturated carbocycles. The minimum absolute atomic E-state index is 0.107. The number of esters is 4. The zero-order valence-electron chi connectivity index (χ0n) is 69.9. The molecule has 5 atom stereocenters. The van der Waals surface area contributed by atoms with E-state index >= 15 is 0 Å². The van der Waals surface area contributed by atoms with Crippen molar-refractivity contribution in [2.75, 3.05) is 39.6 Å². The third-order valence-electron chi connectivity index (χ3n) is 20.4. The van der Waals surface area contributed by atoms with Crippen molar-refractivity contribution < 1.29 is 80.2 Å². The Kier molecular flexibility index (Phi) is 75.6. The number of aliphatic hydroxyl groups is 1. The van der Waals surface area contributed by atoms with E-state index in [4.69, 9.17) is 37.0 Å². The van der Waals surface area contributed by atoms with Crippen molar-refractivity contribution in [3.8, 4) is 0 Å². The van der Waals surface area contributed by atoms with Crippen LogP contribution in [0.15, 0.2) is 0 Å². The smallest absolute Gasteiger partial charge is 0.462 e. The van der Waals surface area contributed by atoms with Crippen LogP contribution in [0.4, 0.5) is 0 Å². The van der Waals surface area contributed by atoms with Gasteiger partial charge in [0, 0.05) is 25.7 Å². The van der Waals surface area contributed by atoms with Crippen LogP contribution in [0.5, 0.6) is 0 Å². The Balaban J connectivity index is 5.25. The van der Waals surface area contributed by atoms with Gasteiger partial charge in [-0.05, 0) is 43.4 Å². The average Bonchev–Trinajstić information content (AvgIpc) is 0.902. The van der Waals surface area contributed by atoms with Crippen molar-refractivity contribution in [1.29, 1.82) is 0 Å². The van der Waals surface area contributed by atoms with Gasteiger partial charge >= 0.3 is 39.5 Å². The van der Waals surface area contributed by atoms with Gasteiger partial charge in [-0.3, -0.25) is 37.3 Å². The quantitative estimate of drug-likeness (QED) is 0.0222. The fourth-order valence-electron chi connectivity index (χ4n) is 13.5. The van der Waals surface area contributed by atoms with Crippen molar-refractivity contribution in [2.24, 2.45) is 17.8 Å². The Morgan fingerprint density at radius 3 is 0.642 bits per heavy atom. The lowest BCUT2D eigenvalue weighted by molar-refractivity contribution is -0.161. The van der Waals surface area contributed by atoms with Crippen LogP contribution in [0, 0.1) is 17.8 Å². The van der Waals surface area contributed by atoms with Crippen molar-refractivity contribution in [3.05, 3.63) is 0 Å². The van der Waals surface area contributed by atoms with Gasteiger partial charge in [0.25, 0.3) is 0 Å². The van der Waals surface area contributed by atoms with E-state index in [0.29, 0.717) is 25.7 Å². The standard InChI is InChI=1S/C87H170O17P2/c1-8-9-10-11-12-13-14-15-16-17-18-19-24-30-35-40-49-56-63-70-86(91)103-82(74-97-84(89)68-61-54-47-39-34-29-25-20-22-27-32-37-44-51-58-65-78(2)3)76-101-105(93,94)99-72-81(88)73-100-106(95,96)102-77-83(75-98-85(90)69-62-55-48-43-42-46-53-60-67-80(6)7)104-87(92)71-64-57-50-41-36-31-26-21-23-28-33-38-45-52-59-66-79(4)5/h78-83,88H,8-77H2,1-7H3,(H,93,94)(H,95,96)/t81-,82-,83-/m1/s1. The third-order valence-corrected chi connectivity index (χ3v) is 22.3. The van der Waals surface area contributed by atoms with Crippen LogP contribution < -0.4 is 0 Å². The molecule has 0 saturated heterocycles. The molecule has 0 aliphatic rings. The maximum Gasteiger partial charge on any atom is 0.472 e. The predicted molar refractivity (Wildman–Crippen MR) is 437 cm³/mol. The summed E-state index contributed by atoms with van der Waals surface area (Å²) in [5.74, 6) is 0.232. The molecule has 0 aromatic heterocycles. The zero-order chi connectivity index (χ0) is 77.9. The Morgan fingerprint density at radius 1 is 0.255 bits per heavy atom. The van der Waals surface area contributed by atoms with E-state index in [-0.39, 0.29) is 25.7 Å². The van der Waals surface area contributed by atoms with E-state index < -0.39 is 97.5 Å². The van der Waals surface area contributed by atoms with Crippen LogP contribution >= 0.6 is 15.6 Å². The number of unbranched alkanes of at least 4 members (excludes halogenated alkanes) is 53. The monoisotopic (exact) mass is 1550 g/mol. The molecule has 0 aromatic rings. The Bertz CT molecular complexity index is 2040. The lowest BCUT2D eigenvalue weighted by atomic mass is 10.0. The van der Waals surface area contributed by atoms with Gasteiger partial charge in [0.2, 0.25) is 0 Å². The molecular formula is C87H170O17P2. The predicted octanol–water partition coefficient (Wildman–Crippen LogP) is 26.5. The molecule has 19 heteroatoms. The number of hydrogen-bond donors (Lipinski definition) is 3. The topological polar surface area (TPSA) is 237 Å². The number of hydrogen-bond acceptors (Lipinski definition) is 15. The molecule has 0 rings (SSSR count). The summed E-state index contributed by atoms with van der Waals surface area (Å²) in [6.07, 6.45) is 68.1. The van der Waals surface area contributed by atoms with Crippen LogP contribution in [0.1, 0.15) is 459 Å². The average molecular weight is 1550 g/mol. The Labute approximate surface area is 651 Å². The fourth-order valence-corrected chi connectivity index (χ4v) is 15.1. The zero-order valence-corrected chi connectivity index (χ0v) is 71.7. The lowest BCUT2D eigenvalue weighted by Gasteiger charge is -2.21. The van der Waals surface area contributed by atoms with E-state index in [9.17, 15) is 43.2 Å². The van der Waals surface area contributed by atoms with Crippen molar-refractivity contribution in [3.63, 3.8) is 0 Å². The number of ether oxygens (including phenoxy) is 4. The summed E-state index contributed by atoms with van der Waals surface area (Å²) in [6.45, 7) is 12.0. The van der Waals surface area contributed by atoms with Gasteiger partial charge in [-0.25, -0.2) is 9.13 Å². The fraction of sp³-hybridized carbons (Fsp3) is 0.954. The first-order valence-corrected chi connectivity index (χ1v) is 47.8. The molecule has 0 spiro atoms.